The average Bonchev–Trinajstić information content (AvgIpc) is 2.47. The van der Waals surface area contributed by atoms with E-state index in [-0.39, 0.29) is 6.04 Å². The molecule has 2 heteroatoms. The third-order valence-electron chi connectivity index (χ3n) is 3.49. The third-order valence-corrected chi connectivity index (χ3v) is 3.49. The molecule has 1 atom stereocenters. The van der Waals surface area contributed by atoms with Gasteiger partial charge in [-0.2, -0.15) is 5.26 Å². The molecule has 0 aliphatic carbocycles. The highest BCUT2D eigenvalue weighted by Crippen LogP contribution is 2.32. The Labute approximate surface area is 107 Å². The molecule has 18 heavy (non-hydrogen) atoms. The molecule has 1 aliphatic heterocycles. The van der Waals surface area contributed by atoms with Crippen molar-refractivity contribution < 1.29 is 0 Å². The predicted octanol–water partition coefficient (Wildman–Crippen LogP) is 3.31. The quantitative estimate of drug-likeness (QED) is 0.757. The molecule has 0 unspecified atom stereocenters. The molecule has 0 saturated heterocycles. The Morgan fingerprint density at radius 1 is 1.00 bits per heavy atom. The van der Waals surface area contributed by atoms with Crippen LogP contribution in [0.25, 0.3) is 0 Å². The zero-order chi connectivity index (χ0) is 12.4. The Morgan fingerprint density at radius 2 is 1.72 bits per heavy atom. The number of anilines is 1. The molecule has 3 rings (SSSR count). The molecular formula is C16H14N2. The van der Waals surface area contributed by atoms with Gasteiger partial charge < -0.3 is 4.90 Å². The molecule has 0 aromatic heterocycles. The summed E-state index contributed by atoms with van der Waals surface area (Å²) in [5, 5.41) is 9.48. The first-order valence-corrected chi connectivity index (χ1v) is 6.19. The van der Waals surface area contributed by atoms with Gasteiger partial charge >= 0.3 is 0 Å². The predicted molar refractivity (Wildman–Crippen MR) is 72.3 cm³/mol. The van der Waals surface area contributed by atoms with Gasteiger partial charge in [-0.1, -0.05) is 42.5 Å². The summed E-state index contributed by atoms with van der Waals surface area (Å²) in [6, 6.07) is 20.7. The smallest absolute Gasteiger partial charge is 0.142 e. The SMILES string of the molecule is N#C[C@H]1c2ccccc2CCN1c1ccccc1. The molecule has 0 spiro atoms. The molecule has 0 N–H and O–H groups in total. The summed E-state index contributed by atoms with van der Waals surface area (Å²) in [4.78, 5) is 2.18. The average molecular weight is 234 g/mol. The van der Waals surface area contributed by atoms with E-state index in [1.807, 2.05) is 30.3 Å². The Kier molecular flexibility index (Phi) is 2.74. The van der Waals surface area contributed by atoms with Crippen LogP contribution >= 0.6 is 0 Å². The second-order valence-corrected chi connectivity index (χ2v) is 4.51. The number of benzene rings is 2. The minimum absolute atomic E-state index is 0.169. The van der Waals surface area contributed by atoms with E-state index < -0.39 is 0 Å². The Morgan fingerprint density at radius 3 is 2.50 bits per heavy atom. The van der Waals surface area contributed by atoms with Gasteiger partial charge in [-0.3, -0.25) is 0 Å². The molecule has 88 valence electrons. The number of nitrogens with zero attached hydrogens (tertiary/aromatic N) is 2. The fourth-order valence-electron chi connectivity index (χ4n) is 2.60. The largest absolute Gasteiger partial charge is 0.352 e. The topological polar surface area (TPSA) is 27.0 Å². The van der Waals surface area contributed by atoms with E-state index in [0.29, 0.717) is 0 Å². The van der Waals surface area contributed by atoms with Crippen molar-refractivity contribution in [3.8, 4) is 6.07 Å². The van der Waals surface area contributed by atoms with Crippen LogP contribution in [-0.4, -0.2) is 6.54 Å². The maximum Gasteiger partial charge on any atom is 0.142 e. The Hall–Kier alpha value is -2.27. The first-order chi connectivity index (χ1) is 8.90. The summed E-state index contributed by atoms with van der Waals surface area (Å²) >= 11 is 0. The van der Waals surface area contributed by atoms with Gasteiger partial charge in [0.15, 0.2) is 0 Å². The van der Waals surface area contributed by atoms with Crippen LogP contribution < -0.4 is 4.90 Å². The number of nitriles is 1. The lowest BCUT2D eigenvalue weighted by Crippen LogP contribution is -2.34. The van der Waals surface area contributed by atoms with E-state index in [4.69, 9.17) is 0 Å². The van der Waals surface area contributed by atoms with Crippen LogP contribution in [0.1, 0.15) is 17.2 Å². The molecule has 1 heterocycles. The maximum absolute atomic E-state index is 9.48. The van der Waals surface area contributed by atoms with Crippen molar-refractivity contribution in [1.29, 1.82) is 5.26 Å². The van der Waals surface area contributed by atoms with Crippen molar-refractivity contribution >= 4 is 5.69 Å². The molecule has 0 amide bonds. The van der Waals surface area contributed by atoms with Crippen LogP contribution in [0, 0.1) is 11.3 Å². The second-order valence-electron chi connectivity index (χ2n) is 4.51. The molecule has 0 radical (unpaired) electrons. The van der Waals surface area contributed by atoms with Gasteiger partial charge in [-0.25, -0.2) is 0 Å². The monoisotopic (exact) mass is 234 g/mol. The van der Waals surface area contributed by atoms with Crippen LogP contribution in [-0.2, 0) is 6.42 Å². The summed E-state index contributed by atoms with van der Waals surface area (Å²) in [5.74, 6) is 0. The Bertz CT molecular complexity index is 584. The second kappa shape index (κ2) is 4.54. The van der Waals surface area contributed by atoms with Gasteiger partial charge in [0, 0.05) is 12.2 Å². The summed E-state index contributed by atoms with van der Waals surface area (Å²) < 4.78 is 0. The summed E-state index contributed by atoms with van der Waals surface area (Å²) in [7, 11) is 0. The standard InChI is InChI=1S/C16H14N2/c17-12-16-15-9-5-4-6-13(15)10-11-18(16)14-7-2-1-3-8-14/h1-9,16H,10-11H2/t16-/m0/s1. The minimum Gasteiger partial charge on any atom is -0.352 e. The van der Waals surface area contributed by atoms with Crippen molar-refractivity contribution in [2.45, 2.75) is 12.5 Å². The molecule has 0 bridgehead atoms. The fourth-order valence-corrected chi connectivity index (χ4v) is 2.60. The van der Waals surface area contributed by atoms with Gasteiger partial charge in [0.25, 0.3) is 0 Å². The summed E-state index contributed by atoms with van der Waals surface area (Å²) in [6.45, 7) is 0.902. The van der Waals surface area contributed by atoms with Gasteiger partial charge in [-0.05, 0) is 29.7 Å². The van der Waals surface area contributed by atoms with Crippen LogP contribution in [0.2, 0.25) is 0 Å². The van der Waals surface area contributed by atoms with Crippen LogP contribution in [0.15, 0.2) is 54.6 Å². The molecule has 2 aromatic carbocycles. The lowest BCUT2D eigenvalue weighted by atomic mass is 9.93. The van der Waals surface area contributed by atoms with Crippen molar-refractivity contribution in [1.82, 2.24) is 0 Å². The molecular weight excluding hydrogens is 220 g/mol. The molecule has 0 fully saturated rings. The number of rotatable bonds is 1. The third kappa shape index (κ3) is 1.74. The Balaban J connectivity index is 2.03. The van der Waals surface area contributed by atoms with Crippen LogP contribution in [0.3, 0.4) is 0 Å². The van der Waals surface area contributed by atoms with Crippen LogP contribution in [0.4, 0.5) is 5.69 Å². The van der Waals surface area contributed by atoms with Crippen molar-refractivity contribution in [3.63, 3.8) is 0 Å². The molecule has 2 aromatic rings. The lowest BCUT2D eigenvalue weighted by Gasteiger charge is -2.35. The van der Waals surface area contributed by atoms with Crippen molar-refractivity contribution in [3.05, 3.63) is 65.7 Å². The van der Waals surface area contributed by atoms with E-state index in [0.717, 1.165) is 24.2 Å². The van der Waals surface area contributed by atoms with E-state index in [2.05, 4.69) is 35.2 Å². The molecule has 0 saturated carbocycles. The van der Waals surface area contributed by atoms with E-state index >= 15 is 0 Å². The van der Waals surface area contributed by atoms with Crippen molar-refractivity contribution in [2.75, 3.05) is 11.4 Å². The number of fused-ring (bicyclic) bond motifs is 1. The highest BCUT2D eigenvalue weighted by Gasteiger charge is 2.26. The zero-order valence-electron chi connectivity index (χ0n) is 10.1. The number of hydrogen-bond acceptors (Lipinski definition) is 2. The number of para-hydroxylation sites is 1. The number of hydrogen-bond donors (Lipinski definition) is 0. The molecule has 2 nitrogen and oxygen atoms in total. The van der Waals surface area contributed by atoms with Gasteiger partial charge in [0.1, 0.15) is 6.04 Å². The van der Waals surface area contributed by atoms with Gasteiger partial charge in [0.2, 0.25) is 0 Å². The molecule has 1 aliphatic rings. The van der Waals surface area contributed by atoms with E-state index in [9.17, 15) is 5.26 Å². The highest BCUT2D eigenvalue weighted by molar-refractivity contribution is 5.54. The van der Waals surface area contributed by atoms with Gasteiger partial charge in [-0.15, -0.1) is 0 Å². The fraction of sp³-hybridized carbons (Fsp3) is 0.188. The van der Waals surface area contributed by atoms with Crippen molar-refractivity contribution in [2.24, 2.45) is 0 Å². The lowest BCUT2D eigenvalue weighted by molar-refractivity contribution is 0.676. The van der Waals surface area contributed by atoms with Gasteiger partial charge in [0.05, 0.1) is 6.07 Å². The van der Waals surface area contributed by atoms with Crippen LogP contribution in [0.5, 0.6) is 0 Å². The zero-order valence-corrected chi connectivity index (χ0v) is 10.1. The first kappa shape index (κ1) is 10.9. The highest BCUT2D eigenvalue weighted by atomic mass is 15.2. The minimum atomic E-state index is -0.169. The van der Waals surface area contributed by atoms with E-state index in [1.165, 1.54) is 5.56 Å². The normalized spacial score (nSPS) is 17.9. The summed E-state index contributed by atoms with van der Waals surface area (Å²) in [6.07, 6.45) is 1.00. The first-order valence-electron chi connectivity index (χ1n) is 6.19. The summed E-state index contributed by atoms with van der Waals surface area (Å²) in [5.41, 5.74) is 3.57. The maximum atomic E-state index is 9.48. The van der Waals surface area contributed by atoms with E-state index in [1.54, 1.807) is 0 Å².